The molecule has 0 spiro atoms. The van der Waals surface area contributed by atoms with Gasteiger partial charge in [-0.2, -0.15) is 0 Å². The molecular weight excluding hydrogens is 176 g/mol. The van der Waals surface area contributed by atoms with Gasteiger partial charge in [0.1, 0.15) is 0 Å². The number of hydrogen-bond acceptors (Lipinski definition) is 3. The van der Waals surface area contributed by atoms with Crippen LogP contribution in [0.25, 0.3) is 0 Å². The lowest BCUT2D eigenvalue weighted by Crippen LogP contribution is -2.52. The van der Waals surface area contributed by atoms with Gasteiger partial charge in [-0.05, 0) is 38.3 Å². The molecule has 3 heteroatoms. The third-order valence-electron chi connectivity index (χ3n) is 3.16. The zero-order valence-electron chi connectivity index (χ0n) is 9.71. The van der Waals surface area contributed by atoms with E-state index in [9.17, 15) is 0 Å². The second-order valence-corrected chi connectivity index (χ2v) is 5.75. The molecule has 1 aliphatic rings. The molecule has 1 saturated heterocycles. The molecule has 1 unspecified atom stereocenters. The maximum absolute atomic E-state index is 9.08. The summed E-state index contributed by atoms with van der Waals surface area (Å²) in [6.45, 7) is 9.63. The van der Waals surface area contributed by atoms with E-state index in [1.54, 1.807) is 0 Å². The summed E-state index contributed by atoms with van der Waals surface area (Å²) in [5.41, 5.74) is 5.97. The van der Waals surface area contributed by atoms with Crippen LogP contribution in [-0.2, 0) is 0 Å². The zero-order chi connectivity index (χ0) is 10.8. The highest BCUT2D eigenvalue weighted by Crippen LogP contribution is 2.29. The Morgan fingerprint density at radius 1 is 1.36 bits per heavy atom. The van der Waals surface area contributed by atoms with E-state index < -0.39 is 5.54 Å². The summed E-state index contributed by atoms with van der Waals surface area (Å²) < 4.78 is 0. The number of aliphatic hydroxyl groups excluding tert-OH is 1. The summed E-state index contributed by atoms with van der Waals surface area (Å²) in [7, 11) is 0. The number of piperidine rings is 1. The quantitative estimate of drug-likeness (QED) is 0.709. The Hall–Kier alpha value is -0.120. The molecule has 1 fully saturated rings. The number of rotatable bonds is 3. The van der Waals surface area contributed by atoms with Gasteiger partial charge >= 0.3 is 0 Å². The number of aliphatic hydroxyl groups is 1. The number of nitrogens with zero attached hydrogens (tertiary/aromatic N) is 1. The molecule has 0 aromatic rings. The largest absolute Gasteiger partial charge is 0.394 e. The van der Waals surface area contributed by atoms with Gasteiger partial charge in [0.15, 0.2) is 0 Å². The van der Waals surface area contributed by atoms with E-state index in [0.717, 1.165) is 19.6 Å². The molecule has 3 N–H and O–H groups in total. The predicted octanol–water partition coefficient (Wildman–Crippen LogP) is 0.818. The summed E-state index contributed by atoms with van der Waals surface area (Å²) in [6.07, 6.45) is 2.46. The maximum Gasteiger partial charge on any atom is 0.0621 e. The van der Waals surface area contributed by atoms with E-state index in [1.807, 2.05) is 6.92 Å². The molecule has 84 valence electrons. The first-order valence-corrected chi connectivity index (χ1v) is 5.47. The SMILES string of the molecule is CC1(C)CCN(CC(C)(N)CO)CC1. The van der Waals surface area contributed by atoms with Gasteiger partial charge in [0.05, 0.1) is 6.61 Å². The van der Waals surface area contributed by atoms with Crippen molar-refractivity contribution in [1.29, 1.82) is 0 Å². The minimum atomic E-state index is -0.443. The van der Waals surface area contributed by atoms with Crippen LogP contribution in [0.3, 0.4) is 0 Å². The van der Waals surface area contributed by atoms with Crippen LogP contribution in [0.5, 0.6) is 0 Å². The standard InChI is InChI=1S/C11H24N2O/c1-10(2)4-6-13(7-5-10)8-11(3,12)9-14/h14H,4-9,12H2,1-3H3. The highest BCUT2D eigenvalue weighted by Gasteiger charge is 2.28. The summed E-state index contributed by atoms with van der Waals surface area (Å²) in [5, 5.41) is 9.08. The van der Waals surface area contributed by atoms with Gasteiger partial charge in [-0.1, -0.05) is 13.8 Å². The van der Waals surface area contributed by atoms with E-state index in [4.69, 9.17) is 10.8 Å². The van der Waals surface area contributed by atoms with Crippen molar-refractivity contribution in [2.45, 2.75) is 39.2 Å². The minimum absolute atomic E-state index is 0.0624. The summed E-state index contributed by atoms with van der Waals surface area (Å²) in [6, 6.07) is 0. The molecule has 0 aliphatic carbocycles. The molecule has 14 heavy (non-hydrogen) atoms. The fourth-order valence-electron chi connectivity index (χ4n) is 1.88. The van der Waals surface area contributed by atoms with E-state index in [1.165, 1.54) is 12.8 Å². The highest BCUT2D eigenvalue weighted by molar-refractivity contribution is 4.86. The Bertz CT molecular complexity index is 180. The van der Waals surface area contributed by atoms with Crippen LogP contribution in [0.1, 0.15) is 33.6 Å². The predicted molar refractivity (Wildman–Crippen MR) is 59.1 cm³/mol. The molecule has 0 amide bonds. The van der Waals surface area contributed by atoms with Crippen molar-refractivity contribution in [2.24, 2.45) is 11.1 Å². The lowest BCUT2D eigenvalue weighted by Gasteiger charge is -2.39. The first kappa shape index (κ1) is 12.0. The fourth-order valence-corrected chi connectivity index (χ4v) is 1.88. The van der Waals surface area contributed by atoms with Crippen molar-refractivity contribution in [3.05, 3.63) is 0 Å². The lowest BCUT2D eigenvalue weighted by atomic mass is 9.82. The Morgan fingerprint density at radius 3 is 2.29 bits per heavy atom. The van der Waals surface area contributed by atoms with Crippen LogP contribution in [0.15, 0.2) is 0 Å². The van der Waals surface area contributed by atoms with Crippen molar-refractivity contribution >= 4 is 0 Å². The highest BCUT2D eigenvalue weighted by atomic mass is 16.3. The summed E-state index contributed by atoms with van der Waals surface area (Å²) in [5.74, 6) is 0. The van der Waals surface area contributed by atoms with Gasteiger partial charge < -0.3 is 15.7 Å². The van der Waals surface area contributed by atoms with Crippen molar-refractivity contribution in [2.75, 3.05) is 26.2 Å². The topological polar surface area (TPSA) is 49.5 Å². The molecule has 0 saturated carbocycles. The van der Waals surface area contributed by atoms with Crippen molar-refractivity contribution in [3.63, 3.8) is 0 Å². The number of nitrogens with two attached hydrogens (primary N) is 1. The number of likely N-dealkylation sites (tertiary alicyclic amines) is 1. The third-order valence-corrected chi connectivity index (χ3v) is 3.16. The second-order valence-electron chi connectivity index (χ2n) is 5.75. The number of hydrogen-bond donors (Lipinski definition) is 2. The molecular formula is C11H24N2O. The molecule has 0 bridgehead atoms. The van der Waals surface area contributed by atoms with Crippen LogP contribution in [-0.4, -0.2) is 41.8 Å². The van der Waals surface area contributed by atoms with Gasteiger partial charge in [-0.15, -0.1) is 0 Å². The molecule has 1 heterocycles. The maximum atomic E-state index is 9.08. The van der Waals surface area contributed by atoms with Crippen LogP contribution >= 0.6 is 0 Å². The molecule has 0 aromatic carbocycles. The van der Waals surface area contributed by atoms with E-state index >= 15 is 0 Å². The Kier molecular flexibility index (Phi) is 3.56. The average molecular weight is 200 g/mol. The lowest BCUT2D eigenvalue weighted by molar-refractivity contribution is 0.0917. The van der Waals surface area contributed by atoms with Crippen molar-refractivity contribution in [1.82, 2.24) is 4.90 Å². The van der Waals surface area contributed by atoms with Gasteiger partial charge in [-0.3, -0.25) is 0 Å². The van der Waals surface area contributed by atoms with E-state index in [2.05, 4.69) is 18.7 Å². The minimum Gasteiger partial charge on any atom is -0.394 e. The fraction of sp³-hybridized carbons (Fsp3) is 1.00. The third kappa shape index (κ3) is 3.56. The van der Waals surface area contributed by atoms with Crippen LogP contribution in [0, 0.1) is 5.41 Å². The van der Waals surface area contributed by atoms with Crippen LogP contribution in [0.2, 0.25) is 0 Å². The second kappa shape index (κ2) is 4.17. The normalized spacial score (nSPS) is 27.2. The van der Waals surface area contributed by atoms with Crippen molar-refractivity contribution < 1.29 is 5.11 Å². The molecule has 0 radical (unpaired) electrons. The van der Waals surface area contributed by atoms with E-state index in [0.29, 0.717) is 5.41 Å². The molecule has 1 aliphatic heterocycles. The molecule has 1 atom stereocenters. The van der Waals surface area contributed by atoms with Gasteiger partial charge in [-0.25, -0.2) is 0 Å². The average Bonchev–Trinajstić information content (AvgIpc) is 2.09. The van der Waals surface area contributed by atoms with Crippen LogP contribution < -0.4 is 5.73 Å². The zero-order valence-corrected chi connectivity index (χ0v) is 9.71. The van der Waals surface area contributed by atoms with Gasteiger partial charge in [0.25, 0.3) is 0 Å². The van der Waals surface area contributed by atoms with E-state index in [-0.39, 0.29) is 6.61 Å². The van der Waals surface area contributed by atoms with Crippen LogP contribution in [0.4, 0.5) is 0 Å². The summed E-state index contributed by atoms with van der Waals surface area (Å²) in [4.78, 5) is 2.36. The summed E-state index contributed by atoms with van der Waals surface area (Å²) >= 11 is 0. The first-order valence-electron chi connectivity index (χ1n) is 5.47. The Labute approximate surface area is 87.3 Å². The first-order chi connectivity index (χ1) is 6.35. The Morgan fingerprint density at radius 2 is 1.86 bits per heavy atom. The molecule has 3 nitrogen and oxygen atoms in total. The van der Waals surface area contributed by atoms with Gasteiger partial charge in [0, 0.05) is 12.1 Å². The van der Waals surface area contributed by atoms with Gasteiger partial charge in [0.2, 0.25) is 0 Å². The Balaban J connectivity index is 2.36. The monoisotopic (exact) mass is 200 g/mol. The smallest absolute Gasteiger partial charge is 0.0621 e. The molecule has 0 aromatic heterocycles. The molecule has 1 rings (SSSR count). The van der Waals surface area contributed by atoms with Crippen molar-refractivity contribution in [3.8, 4) is 0 Å².